The Kier molecular flexibility index (Phi) is 4.09. The summed E-state index contributed by atoms with van der Waals surface area (Å²) in [5.41, 5.74) is 1.85. The van der Waals surface area contributed by atoms with Crippen molar-refractivity contribution >= 4 is 11.6 Å². The van der Waals surface area contributed by atoms with Gasteiger partial charge in [-0.1, -0.05) is 5.16 Å². The third-order valence-corrected chi connectivity index (χ3v) is 3.39. The zero-order chi connectivity index (χ0) is 15.4. The molecule has 0 saturated carbocycles. The van der Waals surface area contributed by atoms with E-state index in [0.717, 1.165) is 17.0 Å². The van der Waals surface area contributed by atoms with Gasteiger partial charge in [0, 0.05) is 6.42 Å². The maximum atomic E-state index is 11.8. The van der Waals surface area contributed by atoms with Crippen LogP contribution in [0.15, 0.2) is 52.2 Å². The maximum Gasteiger partial charge on any atom is 0.287 e. The van der Waals surface area contributed by atoms with E-state index in [9.17, 15) is 4.79 Å². The van der Waals surface area contributed by atoms with Gasteiger partial charge < -0.3 is 19.3 Å². The molecule has 0 spiro atoms. The van der Waals surface area contributed by atoms with Crippen LogP contribution < -0.4 is 10.1 Å². The molecule has 6 heteroatoms. The number of amides is 1. The van der Waals surface area contributed by atoms with E-state index in [1.807, 2.05) is 24.3 Å². The van der Waals surface area contributed by atoms with Gasteiger partial charge in [-0.2, -0.15) is 0 Å². The highest BCUT2D eigenvalue weighted by Crippen LogP contribution is 2.19. The normalized spacial score (nSPS) is 16.8. The molecule has 0 aliphatic carbocycles. The molecule has 1 aromatic carbocycles. The van der Waals surface area contributed by atoms with E-state index >= 15 is 0 Å². The Morgan fingerprint density at radius 3 is 2.86 bits per heavy atom. The highest BCUT2D eigenvalue weighted by atomic mass is 16.6. The van der Waals surface area contributed by atoms with E-state index in [4.69, 9.17) is 14.0 Å². The molecule has 2 heterocycles. The lowest BCUT2D eigenvalue weighted by atomic mass is 10.0. The van der Waals surface area contributed by atoms with Crippen molar-refractivity contribution in [3.05, 3.63) is 54.0 Å². The standard InChI is InChI=1S/C16H16N2O4/c1-20-12-6-4-11(5-7-12)14-9-13(22-18-14)10-17-16(19)15-3-2-8-21-15/h2-8,13H,9-10H2,1H3,(H,17,19)/t13-/m1/s1. The molecule has 114 valence electrons. The van der Waals surface area contributed by atoms with E-state index < -0.39 is 0 Å². The first kappa shape index (κ1) is 14.2. The Bertz CT molecular complexity index is 662. The predicted molar refractivity (Wildman–Crippen MR) is 80.1 cm³/mol. The fourth-order valence-corrected chi connectivity index (χ4v) is 2.19. The fraction of sp³-hybridized carbons (Fsp3) is 0.250. The number of carbonyl (C=O) groups is 1. The van der Waals surface area contributed by atoms with E-state index in [2.05, 4.69) is 10.5 Å². The van der Waals surface area contributed by atoms with Crippen LogP contribution in [0, 0.1) is 0 Å². The lowest BCUT2D eigenvalue weighted by molar-refractivity contribution is 0.0740. The van der Waals surface area contributed by atoms with Gasteiger partial charge >= 0.3 is 0 Å². The number of oxime groups is 1. The molecular weight excluding hydrogens is 284 g/mol. The number of furan rings is 1. The molecule has 1 atom stereocenters. The topological polar surface area (TPSA) is 73.1 Å². The van der Waals surface area contributed by atoms with Gasteiger partial charge in [0.25, 0.3) is 5.91 Å². The molecule has 0 unspecified atom stereocenters. The minimum absolute atomic E-state index is 0.170. The smallest absolute Gasteiger partial charge is 0.287 e. The number of ether oxygens (including phenoxy) is 1. The lowest BCUT2D eigenvalue weighted by Gasteiger charge is -2.08. The molecule has 0 bridgehead atoms. The van der Waals surface area contributed by atoms with Crippen LogP contribution in [0.3, 0.4) is 0 Å². The molecule has 22 heavy (non-hydrogen) atoms. The summed E-state index contributed by atoms with van der Waals surface area (Å²) in [4.78, 5) is 17.1. The van der Waals surface area contributed by atoms with Gasteiger partial charge in [0.15, 0.2) is 5.76 Å². The average molecular weight is 300 g/mol. The first-order valence-electron chi connectivity index (χ1n) is 6.95. The summed E-state index contributed by atoms with van der Waals surface area (Å²) in [6, 6.07) is 10.9. The van der Waals surface area contributed by atoms with Crippen LogP contribution in [0.2, 0.25) is 0 Å². The van der Waals surface area contributed by atoms with Crippen molar-refractivity contribution < 1.29 is 18.8 Å². The summed E-state index contributed by atoms with van der Waals surface area (Å²) >= 11 is 0. The van der Waals surface area contributed by atoms with Crippen molar-refractivity contribution in [2.45, 2.75) is 12.5 Å². The molecule has 2 aromatic rings. The van der Waals surface area contributed by atoms with Crippen LogP contribution in [-0.2, 0) is 4.84 Å². The predicted octanol–water partition coefficient (Wildman–Crippen LogP) is 2.21. The number of methoxy groups -OCH3 is 1. The highest BCUT2D eigenvalue weighted by molar-refractivity contribution is 6.01. The number of nitrogens with one attached hydrogen (secondary N) is 1. The molecule has 1 N–H and O–H groups in total. The molecule has 1 aromatic heterocycles. The van der Waals surface area contributed by atoms with Crippen LogP contribution in [0.5, 0.6) is 5.75 Å². The van der Waals surface area contributed by atoms with Gasteiger partial charge in [-0.3, -0.25) is 4.79 Å². The molecule has 0 saturated heterocycles. The van der Waals surface area contributed by atoms with Crippen molar-refractivity contribution in [1.82, 2.24) is 5.32 Å². The Morgan fingerprint density at radius 1 is 1.36 bits per heavy atom. The van der Waals surface area contributed by atoms with E-state index in [0.29, 0.717) is 13.0 Å². The second kappa shape index (κ2) is 6.34. The lowest BCUT2D eigenvalue weighted by Crippen LogP contribution is -2.32. The summed E-state index contributed by atoms with van der Waals surface area (Å²) in [5.74, 6) is 0.825. The largest absolute Gasteiger partial charge is 0.497 e. The minimum Gasteiger partial charge on any atom is -0.497 e. The molecule has 1 aliphatic rings. The number of nitrogens with zero attached hydrogens (tertiary/aromatic N) is 1. The molecule has 1 aliphatic heterocycles. The molecule has 0 fully saturated rings. The van der Waals surface area contributed by atoms with Crippen LogP contribution in [0.1, 0.15) is 22.5 Å². The minimum atomic E-state index is -0.258. The van der Waals surface area contributed by atoms with E-state index in [1.54, 1.807) is 19.2 Å². The van der Waals surface area contributed by atoms with Crippen molar-refractivity contribution in [2.24, 2.45) is 5.16 Å². The zero-order valence-corrected chi connectivity index (χ0v) is 12.1. The highest BCUT2D eigenvalue weighted by Gasteiger charge is 2.23. The number of benzene rings is 1. The Balaban J connectivity index is 1.52. The van der Waals surface area contributed by atoms with Gasteiger partial charge in [0.1, 0.15) is 11.9 Å². The van der Waals surface area contributed by atoms with E-state index in [-0.39, 0.29) is 17.8 Å². The summed E-state index contributed by atoms with van der Waals surface area (Å²) in [5, 5.41) is 6.85. The van der Waals surface area contributed by atoms with Gasteiger partial charge in [-0.25, -0.2) is 0 Å². The second-order valence-corrected chi connectivity index (χ2v) is 4.89. The Labute approximate surface area is 127 Å². The van der Waals surface area contributed by atoms with Gasteiger partial charge in [0.2, 0.25) is 0 Å². The van der Waals surface area contributed by atoms with Crippen LogP contribution in [0.4, 0.5) is 0 Å². The second-order valence-electron chi connectivity index (χ2n) is 4.89. The molecule has 0 radical (unpaired) electrons. The first-order chi connectivity index (χ1) is 10.8. The molecule has 6 nitrogen and oxygen atoms in total. The van der Waals surface area contributed by atoms with Gasteiger partial charge in [-0.15, -0.1) is 0 Å². The number of hydrogen-bond acceptors (Lipinski definition) is 5. The average Bonchev–Trinajstić information content (AvgIpc) is 3.24. The SMILES string of the molecule is COc1ccc(C2=NO[C@@H](CNC(=O)c3ccco3)C2)cc1. The molecule has 1 amide bonds. The van der Waals surface area contributed by atoms with Gasteiger partial charge in [0.05, 0.1) is 25.6 Å². The quantitative estimate of drug-likeness (QED) is 0.919. The van der Waals surface area contributed by atoms with Crippen LogP contribution >= 0.6 is 0 Å². The van der Waals surface area contributed by atoms with Crippen molar-refractivity contribution in [3.8, 4) is 5.75 Å². The summed E-state index contributed by atoms with van der Waals surface area (Å²) in [7, 11) is 1.63. The molecule has 3 rings (SSSR count). The molecular formula is C16H16N2O4. The number of rotatable bonds is 5. The van der Waals surface area contributed by atoms with Crippen molar-refractivity contribution in [1.29, 1.82) is 0 Å². The zero-order valence-electron chi connectivity index (χ0n) is 12.1. The van der Waals surface area contributed by atoms with Crippen molar-refractivity contribution in [2.75, 3.05) is 13.7 Å². The maximum absolute atomic E-state index is 11.8. The monoisotopic (exact) mass is 300 g/mol. The van der Waals surface area contributed by atoms with Crippen LogP contribution in [-0.4, -0.2) is 31.4 Å². The summed E-state index contributed by atoms with van der Waals surface area (Å²) in [6.07, 6.45) is 1.94. The Hall–Kier alpha value is -2.76. The number of hydrogen-bond donors (Lipinski definition) is 1. The summed E-state index contributed by atoms with van der Waals surface area (Å²) < 4.78 is 10.2. The third kappa shape index (κ3) is 3.11. The Morgan fingerprint density at radius 2 is 2.18 bits per heavy atom. The third-order valence-electron chi connectivity index (χ3n) is 3.39. The van der Waals surface area contributed by atoms with Gasteiger partial charge in [-0.05, 0) is 42.0 Å². The number of carbonyl (C=O) groups excluding carboxylic acids is 1. The summed E-state index contributed by atoms with van der Waals surface area (Å²) in [6.45, 7) is 0.378. The fourth-order valence-electron chi connectivity index (χ4n) is 2.19. The first-order valence-corrected chi connectivity index (χ1v) is 6.95. The van der Waals surface area contributed by atoms with E-state index in [1.165, 1.54) is 6.26 Å². The van der Waals surface area contributed by atoms with Crippen LogP contribution in [0.25, 0.3) is 0 Å². The van der Waals surface area contributed by atoms with Crippen molar-refractivity contribution in [3.63, 3.8) is 0 Å².